The second kappa shape index (κ2) is 18.8. The molecule has 2 saturated heterocycles. The zero-order chi connectivity index (χ0) is 48.7. The van der Waals surface area contributed by atoms with Gasteiger partial charge in [-0.1, -0.05) is 45.4 Å². The van der Waals surface area contributed by atoms with Crippen molar-refractivity contribution in [3.05, 3.63) is 23.3 Å². The molecule has 0 spiro atoms. The first-order chi connectivity index (χ1) is 30.9. The molecule has 7 aliphatic rings. The molecule has 7 rings (SSSR count). The molecule has 19 nitrogen and oxygen atoms in total. The number of aliphatic hydroxyl groups is 13. The van der Waals surface area contributed by atoms with Crippen LogP contribution in [0.4, 0.5) is 0 Å². The number of hydrogen-bond donors (Lipinski definition) is 13. The predicted octanol–water partition coefficient (Wildman–Crippen LogP) is -1.72. The summed E-state index contributed by atoms with van der Waals surface area (Å²) in [5.41, 5.74) is -2.75. The van der Waals surface area contributed by atoms with Crippen molar-refractivity contribution in [3.8, 4) is 0 Å². The lowest BCUT2D eigenvalue weighted by Crippen LogP contribution is -2.67. The molecule has 3 saturated carbocycles. The first-order valence-electron chi connectivity index (χ1n) is 23.7. The second-order valence-electron chi connectivity index (χ2n) is 22.1. The van der Waals surface area contributed by atoms with E-state index in [2.05, 4.69) is 32.9 Å². The van der Waals surface area contributed by atoms with Gasteiger partial charge in [-0.05, 0) is 93.5 Å². The number of hydrogen-bond acceptors (Lipinski definition) is 19. The average molecular weight is 945 g/mol. The van der Waals surface area contributed by atoms with Gasteiger partial charge in [-0.15, -0.1) is 0 Å². The Bertz CT molecular complexity index is 1810. The van der Waals surface area contributed by atoms with E-state index in [1.165, 1.54) is 0 Å². The fourth-order valence-electron chi connectivity index (χ4n) is 13.9. The summed E-state index contributed by atoms with van der Waals surface area (Å²) in [6.07, 6.45) is -13.7. The molecule has 13 N–H and O–H groups in total. The van der Waals surface area contributed by atoms with E-state index in [9.17, 15) is 71.2 Å². The number of esters is 1. The smallest absolute Gasteiger partial charge is 0.312 e. The summed E-state index contributed by atoms with van der Waals surface area (Å²) in [6.45, 7) is 9.21. The topological polar surface area (TPSA) is 326 Å². The van der Waals surface area contributed by atoms with Crippen LogP contribution in [-0.2, 0) is 28.5 Å². The van der Waals surface area contributed by atoms with Crippen LogP contribution >= 0.6 is 0 Å². The van der Waals surface area contributed by atoms with Crippen LogP contribution in [-0.4, -0.2) is 197 Å². The van der Waals surface area contributed by atoms with Crippen LogP contribution in [0.1, 0.15) is 92.9 Å². The highest BCUT2D eigenvalue weighted by atomic mass is 16.7. The largest absolute Gasteiger partial charge is 0.462 e. The molecule has 0 aromatic heterocycles. The van der Waals surface area contributed by atoms with E-state index >= 15 is 0 Å². The molecule has 0 amide bonds. The van der Waals surface area contributed by atoms with Crippen LogP contribution in [0.15, 0.2) is 23.3 Å². The van der Waals surface area contributed by atoms with Crippen LogP contribution < -0.4 is 0 Å². The minimum Gasteiger partial charge on any atom is -0.462 e. The summed E-state index contributed by atoms with van der Waals surface area (Å²) in [5.74, 6) is -0.824. The highest BCUT2D eigenvalue weighted by Crippen LogP contribution is 2.74. The van der Waals surface area contributed by atoms with Gasteiger partial charge >= 0.3 is 5.97 Å². The first-order valence-corrected chi connectivity index (χ1v) is 23.7. The third-order valence-corrected chi connectivity index (χ3v) is 18.5. The minimum absolute atomic E-state index is 0.0658. The molecule has 0 radical (unpaired) electrons. The van der Waals surface area contributed by atoms with Crippen LogP contribution in [0.3, 0.4) is 0 Å². The van der Waals surface area contributed by atoms with Gasteiger partial charge in [-0.3, -0.25) is 4.79 Å². The fourth-order valence-corrected chi connectivity index (χ4v) is 13.9. The highest BCUT2D eigenvalue weighted by molar-refractivity contribution is 5.77. The SMILES string of the molecule is C[C@H]1O[C@@H](O[C@H]2CC[C@@]3(C)[C@@H](CC[C@]4(C)[C@@H]3C=CC3=C5C[C@@](C)(C(=O)OC[C@H](O)[C@@H](O)[C@H](O)CO)CC[C@]5(CO)[C@H](O)C[C@]34C)[C@]2(C)CO)[C@H](O)[C@@H](O[C@@H]2O[C@H](CO)[C@@H](O)[C@H](O)[C@H]2O)[C@H]1O. The first kappa shape index (κ1) is 52.1. The van der Waals surface area contributed by atoms with Crippen LogP contribution in [0.25, 0.3) is 0 Å². The van der Waals surface area contributed by atoms with Crippen molar-refractivity contribution in [1.29, 1.82) is 0 Å². The summed E-state index contributed by atoms with van der Waals surface area (Å²) < 4.78 is 29.5. The highest BCUT2D eigenvalue weighted by Gasteiger charge is 2.69. The van der Waals surface area contributed by atoms with Crippen molar-refractivity contribution in [1.82, 2.24) is 0 Å². The molecule has 2 heterocycles. The van der Waals surface area contributed by atoms with Crippen molar-refractivity contribution < 1.29 is 94.9 Å². The normalized spacial score (nSPS) is 50.6. The number of rotatable bonds is 13. The Kier molecular flexibility index (Phi) is 14.8. The van der Waals surface area contributed by atoms with Gasteiger partial charge in [0.1, 0.15) is 67.6 Å². The quantitative estimate of drug-likeness (QED) is 0.0721. The van der Waals surface area contributed by atoms with Crippen molar-refractivity contribution in [2.75, 3.05) is 33.0 Å². The molecule has 0 aromatic carbocycles. The number of ether oxygens (including phenoxy) is 5. The molecule has 0 bridgehead atoms. The number of allylic oxidation sites excluding steroid dienone is 3. The molecular formula is C47H76O19. The zero-order valence-corrected chi connectivity index (χ0v) is 38.9. The van der Waals surface area contributed by atoms with Gasteiger partial charge in [0.05, 0.1) is 50.2 Å². The molecule has 19 heteroatoms. The molecule has 0 unspecified atom stereocenters. The lowest BCUT2D eigenvalue weighted by molar-refractivity contribution is -0.367. The summed E-state index contributed by atoms with van der Waals surface area (Å²) in [6, 6.07) is 0. The van der Waals surface area contributed by atoms with E-state index in [0.29, 0.717) is 38.5 Å². The maximum atomic E-state index is 13.8. The van der Waals surface area contributed by atoms with Gasteiger partial charge in [0.2, 0.25) is 0 Å². The number of aliphatic hydroxyl groups excluding tert-OH is 13. The third kappa shape index (κ3) is 8.06. The molecule has 0 aromatic rings. The van der Waals surface area contributed by atoms with Crippen LogP contribution in [0.2, 0.25) is 0 Å². The molecule has 2 aliphatic heterocycles. The summed E-state index contributed by atoms with van der Waals surface area (Å²) in [5, 5.41) is 138. The van der Waals surface area contributed by atoms with Gasteiger partial charge in [-0.25, -0.2) is 0 Å². The number of fused-ring (bicyclic) bond motifs is 6. The Morgan fingerprint density at radius 1 is 0.788 bits per heavy atom. The summed E-state index contributed by atoms with van der Waals surface area (Å²) in [4.78, 5) is 13.8. The van der Waals surface area contributed by atoms with Crippen LogP contribution in [0.5, 0.6) is 0 Å². The van der Waals surface area contributed by atoms with Crippen molar-refractivity contribution >= 4 is 5.97 Å². The van der Waals surface area contributed by atoms with Crippen LogP contribution in [0, 0.1) is 44.3 Å². The van der Waals surface area contributed by atoms with Crippen molar-refractivity contribution in [2.24, 2.45) is 44.3 Å². The second-order valence-corrected chi connectivity index (χ2v) is 22.1. The Balaban J connectivity index is 1.14. The summed E-state index contributed by atoms with van der Waals surface area (Å²) in [7, 11) is 0. The van der Waals surface area contributed by atoms with Gasteiger partial charge < -0.3 is 90.1 Å². The van der Waals surface area contributed by atoms with E-state index in [1.807, 2.05) is 6.92 Å². The summed E-state index contributed by atoms with van der Waals surface area (Å²) >= 11 is 0. The van der Waals surface area contributed by atoms with Gasteiger partial charge in [0.15, 0.2) is 12.6 Å². The van der Waals surface area contributed by atoms with E-state index in [1.54, 1.807) is 13.8 Å². The van der Waals surface area contributed by atoms with Gasteiger partial charge in [-0.2, -0.15) is 0 Å². The Hall–Kier alpha value is -1.73. The molecule has 378 valence electrons. The standard InChI is InChI=1S/C47H76O19/c1-22-32(55)38(66-39-36(59)35(58)34(57)27(18-49)64-39)37(60)40(63-22)65-31-10-11-43(3)28(44(31,4)20-50)9-12-45(5)29(43)8-7-23-24-15-42(2,41(61)62-19-26(53)33(56)25(52)17-48)13-14-47(24,21-51)30(54)16-46(23,45)6/h7-8,22,25-40,48-60H,9-21H2,1-6H3/t22-,25-,26+,27-,28-,29-,30-,31+,32+,33+,34-,35+,36-,37-,38+,39+,40+,42+,43+,44+,45-,46-,47-/m1/s1. The Labute approximate surface area is 385 Å². The van der Waals surface area contributed by atoms with E-state index in [0.717, 1.165) is 11.1 Å². The van der Waals surface area contributed by atoms with E-state index in [-0.39, 0.29) is 37.9 Å². The van der Waals surface area contributed by atoms with E-state index in [4.69, 9.17) is 23.7 Å². The zero-order valence-electron chi connectivity index (χ0n) is 38.9. The molecule has 5 aliphatic carbocycles. The Morgan fingerprint density at radius 2 is 1.47 bits per heavy atom. The molecule has 5 fully saturated rings. The Morgan fingerprint density at radius 3 is 2.11 bits per heavy atom. The maximum Gasteiger partial charge on any atom is 0.312 e. The minimum atomic E-state index is -1.78. The van der Waals surface area contributed by atoms with E-state index < -0.39 is 150 Å². The number of carbonyl (C=O) groups excluding carboxylic acids is 1. The van der Waals surface area contributed by atoms with Gasteiger partial charge in [0.25, 0.3) is 0 Å². The average Bonchev–Trinajstić information content (AvgIpc) is 3.29. The monoisotopic (exact) mass is 944 g/mol. The van der Waals surface area contributed by atoms with Crippen molar-refractivity contribution in [3.63, 3.8) is 0 Å². The number of carbonyl (C=O) groups is 1. The molecule has 23 atom stereocenters. The molecular weight excluding hydrogens is 868 g/mol. The molecule has 66 heavy (non-hydrogen) atoms. The fraction of sp³-hybridized carbons (Fsp3) is 0.894. The lowest BCUT2D eigenvalue weighted by Gasteiger charge is -2.70. The lowest BCUT2D eigenvalue weighted by atomic mass is 9.35. The van der Waals surface area contributed by atoms with Gasteiger partial charge in [0, 0.05) is 16.2 Å². The van der Waals surface area contributed by atoms with Crippen molar-refractivity contribution in [2.45, 2.75) is 185 Å². The predicted molar refractivity (Wildman–Crippen MR) is 229 cm³/mol. The maximum absolute atomic E-state index is 13.8. The third-order valence-electron chi connectivity index (χ3n) is 18.5.